The van der Waals surface area contributed by atoms with E-state index in [2.05, 4.69) is 15.2 Å². The molecule has 2 rings (SSSR count). The number of carbonyl (C=O) groups excluding carboxylic acids is 2. The summed E-state index contributed by atoms with van der Waals surface area (Å²) in [4.78, 5) is 23.2. The molecule has 3 N–H and O–H groups in total. The summed E-state index contributed by atoms with van der Waals surface area (Å²) in [7, 11) is 1.28. The SMILES string of the molecule is CCNC(=O)c1ccc(-n2ncc(C(=O)OC)c2N)cc1. The topological polar surface area (TPSA) is 99.2 Å². The summed E-state index contributed by atoms with van der Waals surface area (Å²) in [6.07, 6.45) is 1.35. The second-order valence-corrected chi connectivity index (χ2v) is 4.25. The van der Waals surface area contributed by atoms with Crippen molar-refractivity contribution < 1.29 is 14.3 Å². The van der Waals surface area contributed by atoms with Gasteiger partial charge in [0.2, 0.25) is 0 Å². The quantitative estimate of drug-likeness (QED) is 0.817. The Labute approximate surface area is 121 Å². The Morgan fingerprint density at radius 2 is 2.00 bits per heavy atom. The number of esters is 1. The van der Waals surface area contributed by atoms with Crippen molar-refractivity contribution in [3.63, 3.8) is 0 Å². The molecular weight excluding hydrogens is 272 g/mol. The van der Waals surface area contributed by atoms with E-state index in [4.69, 9.17) is 5.73 Å². The second kappa shape index (κ2) is 6.08. The molecule has 0 aliphatic heterocycles. The number of hydrogen-bond donors (Lipinski definition) is 2. The summed E-state index contributed by atoms with van der Waals surface area (Å²) >= 11 is 0. The molecule has 0 spiro atoms. The van der Waals surface area contributed by atoms with Crippen LogP contribution in [0.5, 0.6) is 0 Å². The van der Waals surface area contributed by atoms with Crippen molar-refractivity contribution in [1.82, 2.24) is 15.1 Å². The highest BCUT2D eigenvalue weighted by Crippen LogP contribution is 2.18. The van der Waals surface area contributed by atoms with Gasteiger partial charge >= 0.3 is 5.97 Å². The Morgan fingerprint density at radius 1 is 1.33 bits per heavy atom. The minimum absolute atomic E-state index is 0.146. The highest BCUT2D eigenvalue weighted by molar-refractivity contribution is 5.95. The van der Waals surface area contributed by atoms with Crippen molar-refractivity contribution in [3.05, 3.63) is 41.6 Å². The number of aromatic nitrogens is 2. The van der Waals surface area contributed by atoms with E-state index < -0.39 is 5.97 Å². The first-order chi connectivity index (χ1) is 10.1. The third-order valence-corrected chi connectivity index (χ3v) is 2.92. The highest BCUT2D eigenvalue weighted by Gasteiger charge is 2.16. The summed E-state index contributed by atoms with van der Waals surface area (Å²) < 4.78 is 6.03. The summed E-state index contributed by atoms with van der Waals surface area (Å²) in [6.45, 7) is 2.42. The maximum absolute atomic E-state index is 11.7. The number of nitrogen functional groups attached to an aromatic ring is 1. The van der Waals surface area contributed by atoms with Gasteiger partial charge in [0.05, 0.1) is 19.0 Å². The van der Waals surface area contributed by atoms with Crippen LogP contribution in [0.3, 0.4) is 0 Å². The van der Waals surface area contributed by atoms with Crippen LogP contribution in [0, 0.1) is 0 Å². The van der Waals surface area contributed by atoms with Gasteiger partial charge in [0.1, 0.15) is 11.4 Å². The van der Waals surface area contributed by atoms with Crippen LogP contribution in [-0.2, 0) is 4.74 Å². The van der Waals surface area contributed by atoms with Crippen molar-refractivity contribution in [2.75, 3.05) is 19.4 Å². The van der Waals surface area contributed by atoms with Crippen LogP contribution in [0.2, 0.25) is 0 Å². The van der Waals surface area contributed by atoms with Gasteiger partial charge in [0, 0.05) is 12.1 Å². The van der Waals surface area contributed by atoms with Gasteiger partial charge in [0.25, 0.3) is 5.91 Å². The average molecular weight is 288 g/mol. The number of hydrogen-bond acceptors (Lipinski definition) is 5. The van der Waals surface area contributed by atoms with Gasteiger partial charge in [-0.15, -0.1) is 0 Å². The van der Waals surface area contributed by atoms with E-state index in [1.165, 1.54) is 18.0 Å². The Hall–Kier alpha value is -2.83. The van der Waals surface area contributed by atoms with Crippen LogP contribution >= 0.6 is 0 Å². The van der Waals surface area contributed by atoms with Crippen LogP contribution in [0.15, 0.2) is 30.5 Å². The molecule has 0 radical (unpaired) electrons. The van der Waals surface area contributed by atoms with Crippen LogP contribution in [0.4, 0.5) is 5.82 Å². The van der Waals surface area contributed by atoms with Crippen LogP contribution in [0.1, 0.15) is 27.6 Å². The molecule has 1 aromatic carbocycles. The van der Waals surface area contributed by atoms with E-state index >= 15 is 0 Å². The van der Waals surface area contributed by atoms with Gasteiger partial charge in [-0.3, -0.25) is 4.79 Å². The van der Waals surface area contributed by atoms with Crippen molar-refractivity contribution in [1.29, 1.82) is 0 Å². The number of anilines is 1. The molecular formula is C14H16N4O3. The van der Waals surface area contributed by atoms with E-state index in [1.807, 2.05) is 6.92 Å². The number of benzene rings is 1. The fourth-order valence-electron chi connectivity index (χ4n) is 1.85. The number of nitrogens with two attached hydrogens (primary N) is 1. The van der Waals surface area contributed by atoms with Crippen molar-refractivity contribution >= 4 is 17.7 Å². The zero-order valence-electron chi connectivity index (χ0n) is 11.8. The fraction of sp³-hybridized carbons (Fsp3) is 0.214. The zero-order chi connectivity index (χ0) is 15.4. The van der Waals surface area contributed by atoms with Gasteiger partial charge < -0.3 is 15.8 Å². The Kier molecular flexibility index (Phi) is 4.22. The predicted octanol–water partition coefficient (Wildman–Crippen LogP) is 0.991. The zero-order valence-corrected chi connectivity index (χ0v) is 11.8. The Bertz CT molecular complexity index is 661. The van der Waals surface area contributed by atoms with Crippen molar-refractivity contribution in [3.8, 4) is 5.69 Å². The van der Waals surface area contributed by atoms with E-state index in [1.54, 1.807) is 24.3 Å². The molecule has 0 fully saturated rings. The Morgan fingerprint density at radius 3 is 2.57 bits per heavy atom. The lowest BCUT2D eigenvalue weighted by Crippen LogP contribution is -2.22. The molecule has 2 aromatic rings. The molecule has 110 valence electrons. The van der Waals surface area contributed by atoms with E-state index in [0.717, 1.165) is 0 Å². The first kappa shape index (κ1) is 14.6. The summed E-state index contributed by atoms with van der Waals surface area (Å²) in [5.41, 5.74) is 7.27. The number of amides is 1. The number of rotatable bonds is 4. The van der Waals surface area contributed by atoms with Gasteiger partial charge in [-0.1, -0.05) is 0 Å². The number of methoxy groups -OCH3 is 1. The lowest BCUT2D eigenvalue weighted by molar-refractivity contribution is 0.0602. The van der Waals surface area contributed by atoms with E-state index in [-0.39, 0.29) is 17.3 Å². The molecule has 7 heteroatoms. The summed E-state index contributed by atoms with van der Waals surface area (Å²) in [5.74, 6) is -0.502. The first-order valence-electron chi connectivity index (χ1n) is 6.39. The highest BCUT2D eigenvalue weighted by atomic mass is 16.5. The molecule has 1 aromatic heterocycles. The number of carbonyl (C=O) groups is 2. The predicted molar refractivity (Wildman–Crippen MR) is 77.3 cm³/mol. The number of nitrogens with zero attached hydrogens (tertiary/aromatic N) is 2. The molecule has 0 aliphatic carbocycles. The second-order valence-electron chi connectivity index (χ2n) is 4.25. The average Bonchev–Trinajstić information content (AvgIpc) is 2.88. The van der Waals surface area contributed by atoms with Gasteiger partial charge in [-0.2, -0.15) is 5.10 Å². The molecule has 0 atom stereocenters. The van der Waals surface area contributed by atoms with Crippen molar-refractivity contribution in [2.24, 2.45) is 0 Å². The minimum atomic E-state index is -0.544. The maximum Gasteiger partial charge on any atom is 0.343 e. The largest absolute Gasteiger partial charge is 0.465 e. The van der Waals surface area contributed by atoms with E-state index in [9.17, 15) is 9.59 Å². The molecule has 21 heavy (non-hydrogen) atoms. The third kappa shape index (κ3) is 2.86. The smallest absolute Gasteiger partial charge is 0.343 e. The van der Waals surface area contributed by atoms with Crippen LogP contribution < -0.4 is 11.1 Å². The van der Waals surface area contributed by atoms with Gasteiger partial charge in [0.15, 0.2) is 0 Å². The molecule has 7 nitrogen and oxygen atoms in total. The number of ether oxygens (including phenoxy) is 1. The molecule has 0 unspecified atom stereocenters. The first-order valence-corrected chi connectivity index (χ1v) is 6.39. The fourth-order valence-corrected chi connectivity index (χ4v) is 1.85. The van der Waals surface area contributed by atoms with Crippen LogP contribution in [0.25, 0.3) is 5.69 Å². The standard InChI is InChI=1S/C14H16N4O3/c1-3-16-13(19)9-4-6-10(7-5-9)18-12(15)11(8-17-18)14(20)21-2/h4-8H,3,15H2,1-2H3,(H,16,19). The Balaban J connectivity index is 2.29. The molecule has 0 saturated heterocycles. The van der Waals surface area contributed by atoms with Crippen molar-refractivity contribution in [2.45, 2.75) is 6.92 Å². The van der Waals surface area contributed by atoms with Gasteiger partial charge in [-0.05, 0) is 31.2 Å². The third-order valence-electron chi connectivity index (χ3n) is 2.92. The molecule has 0 aliphatic rings. The van der Waals surface area contributed by atoms with Crippen LogP contribution in [-0.4, -0.2) is 35.3 Å². The lowest BCUT2D eigenvalue weighted by Gasteiger charge is -2.06. The monoisotopic (exact) mass is 288 g/mol. The normalized spacial score (nSPS) is 10.2. The molecule has 0 bridgehead atoms. The summed E-state index contributed by atoms with van der Waals surface area (Å²) in [5, 5.41) is 6.77. The maximum atomic E-state index is 11.7. The van der Waals surface area contributed by atoms with Gasteiger partial charge in [-0.25, -0.2) is 9.48 Å². The minimum Gasteiger partial charge on any atom is -0.465 e. The van der Waals surface area contributed by atoms with E-state index in [0.29, 0.717) is 17.8 Å². The lowest BCUT2D eigenvalue weighted by atomic mass is 10.2. The molecule has 1 amide bonds. The summed E-state index contributed by atoms with van der Waals surface area (Å²) in [6, 6.07) is 6.74. The molecule has 0 saturated carbocycles. The number of nitrogens with one attached hydrogen (secondary N) is 1. The molecule has 1 heterocycles.